The summed E-state index contributed by atoms with van der Waals surface area (Å²) in [7, 11) is 1.71. The standard InChI is InChI=1S/C15H17N5O/c1-9-5-10(2)7-12(6-9)15(21)18-17-14-13(8-16)11(3)19-20(14)4/h5-7,17H,1-4H3,(H,18,21). The van der Waals surface area contributed by atoms with E-state index in [2.05, 4.69) is 22.0 Å². The minimum absolute atomic E-state index is 0.260. The van der Waals surface area contributed by atoms with E-state index in [0.717, 1.165) is 11.1 Å². The van der Waals surface area contributed by atoms with Gasteiger partial charge in [0.1, 0.15) is 11.6 Å². The predicted octanol–water partition coefficient (Wildman–Crippen LogP) is 1.97. The number of carbonyl (C=O) groups excluding carboxylic acids is 1. The monoisotopic (exact) mass is 283 g/mol. The van der Waals surface area contributed by atoms with E-state index in [1.807, 2.05) is 32.0 Å². The molecule has 0 bridgehead atoms. The zero-order valence-electron chi connectivity index (χ0n) is 12.5. The van der Waals surface area contributed by atoms with Crippen LogP contribution in [0.5, 0.6) is 0 Å². The third-order valence-corrected chi connectivity index (χ3v) is 3.11. The molecular formula is C15H17N5O. The highest BCUT2D eigenvalue weighted by atomic mass is 16.2. The summed E-state index contributed by atoms with van der Waals surface area (Å²) in [6.45, 7) is 5.63. The van der Waals surface area contributed by atoms with E-state index in [4.69, 9.17) is 5.26 Å². The largest absolute Gasteiger partial charge is 0.281 e. The lowest BCUT2D eigenvalue weighted by Crippen LogP contribution is -2.30. The number of amides is 1. The first-order valence-electron chi connectivity index (χ1n) is 6.50. The van der Waals surface area contributed by atoms with Crippen LogP contribution in [0.15, 0.2) is 18.2 Å². The number of nitriles is 1. The summed E-state index contributed by atoms with van der Waals surface area (Å²) in [6, 6.07) is 7.69. The number of hydrogen-bond donors (Lipinski definition) is 2. The van der Waals surface area contributed by atoms with Crippen LogP contribution in [-0.4, -0.2) is 15.7 Å². The number of aryl methyl sites for hydroxylation is 4. The highest BCUT2D eigenvalue weighted by molar-refractivity contribution is 5.95. The lowest BCUT2D eigenvalue weighted by Gasteiger charge is -2.10. The number of benzene rings is 1. The van der Waals surface area contributed by atoms with Crippen LogP contribution < -0.4 is 10.9 Å². The van der Waals surface area contributed by atoms with Gasteiger partial charge in [0.05, 0.1) is 5.69 Å². The number of hydrogen-bond acceptors (Lipinski definition) is 4. The van der Waals surface area contributed by atoms with Crippen molar-refractivity contribution in [3.05, 3.63) is 46.1 Å². The number of anilines is 1. The maximum Gasteiger partial charge on any atom is 0.269 e. The Morgan fingerprint density at radius 2 is 1.86 bits per heavy atom. The SMILES string of the molecule is Cc1cc(C)cc(C(=O)NNc2c(C#N)c(C)nn2C)c1. The summed E-state index contributed by atoms with van der Waals surface area (Å²) in [4.78, 5) is 12.2. The van der Waals surface area contributed by atoms with Crippen molar-refractivity contribution >= 4 is 11.7 Å². The van der Waals surface area contributed by atoms with Crippen molar-refractivity contribution in [2.45, 2.75) is 20.8 Å². The van der Waals surface area contributed by atoms with Crippen molar-refractivity contribution in [1.29, 1.82) is 5.26 Å². The van der Waals surface area contributed by atoms with E-state index < -0.39 is 0 Å². The molecule has 0 atom stereocenters. The molecule has 0 spiro atoms. The quantitative estimate of drug-likeness (QED) is 0.844. The molecule has 0 aliphatic heterocycles. The van der Waals surface area contributed by atoms with Crippen molar-refractivity contribution in [2.75, 3.05) is 5.43 Å². The maximum atomic E-state index is 12.2. The smallest absolute Gasteiger partial charge is 0.269 e. The second-order valence-corrected chi connectivity index (χ2v) is 5.00. The Morgan fingerprint density at radius 3 is 2.43 bits per heavy atom. The van der Waals surface area contributed by atoms with E-state index in [0.29, 0.717) is 22.6 Å². The van der Waals surface area contributed by atoms with Crippen molar-refractivity contribution in [1.82, 2.24) is 15.2 Å². The van der Waals surface area contributed by atoms with Gasteiger partial charge in [-0.05, 0) is 32.9 Å². The highest BCUT2D eigenvalue weighted by Crippen LogP contribution is 2.16. The molecule has 21 heavy (non-hydrogen) atoms. The molecule has 2 aromatic rings. The second-order valence-electron chi connectivity index (χ2n) is 5.00. The zero-order chi connectivity index (χ0) is 15.6. The van der Waals surface area contributed by atoms with Gasteiger partial charge in [-0.3, -0.25) is 20.3 Å². The summed E-state index contributed by atoms with van der Waals surface area (Å²) < 4.78 is 1.52. The number of carbonyl (C=O) groups is 1. The fraction of sp³-hybridized carbons (Fsp3) is 0.267. The normalized spacial score (nSPS) is 10.0. The molecule has 0 aliphatic rings. The number of nitrogens with zero attached hydrogens (tertiary/aromatic N) is 3. The van der Waals surface area contributed by atoms with Crippen LogP contribution in [0.1, 0.15) is 32.7 Å². The Labute approximate surface area is 123 Å². The summed E-state index contributed by atoms with van der Waals surface area (Å²) in [6.07, 6.45) is 0. The fourth-order valence-corrected chi connectivity index (χ4v) is 2.23. The number of aromatic nitrogens is 2. The molecule has 0 saturated carbocycles. The van der Waals surface area contributed by atoms with Gasteiger partial charge in [-0.1, -0.05) is 17.2 Å². The molecule has 1 heterocycles. The van der Waals surface area contributed by atoms with E-state index in [1.54, 1.807) is 14.0 Å². The maximum absolute atomic E-state index is 12.2. The van der Waals surface area contributed by atoms with Crippen molar-refractivity contribution in [3.63, 3.8) is 0 Å². The molecule has 0 unspecified atom stereocenters. The van der Waals surface area contributed by atoms with Gasteiger partial charge in [-0.25, -0.2) is 0 Å². The van der Waals surface area contributed by atoms with Crippen LogP contribution in [0, 0.1) is 32.1 Å². The molecule has 6 heteroatoms. The Balaban J connectivity index is 2.17. The van der Waals surface area contributed by atoms with Gasteiger partial charge in [0, 0.05) is 12.6 Å². The van der Waals surface area contributed by atoms with E-state index in [-0.39, 0.29) is 5.91 Å². The average molecular weight is 283 g/mol. The topological polar surface area (TPSA) is 82.7 Å². The first-order valence-corrected chi connectivity index (χ1v) is 6.50. The van der Waals surface area contributed by atoms with Crippen molar-refractivity contribution in [2.24, 2.45) is 7.05 Å². The van der Waals surface area contributed by atoms with Crippen LogP contribution in [0.25, 0.3) is 0 Å². The van der Waals surface area contributed by atoms with E-state index in [1.165, 1.54) is 4.68 Å². The number of nitrogens with one attached hydrogen (secondary N) is 2. The lowest BCUT2D eigenvalue weighted by molar-refractivity contribution is 0.0962. The summed E-state index contributed by atoms with van der Waals surface area (Å²) in [5.41, 5.74) is 9.01. The number of hydrazine groups is 1. The van der Waals surface area contributed by atoms with Crippen LogP contribution in [0.3, 0.4) is 0 Å². The Kier molecular flexibility index (Phi) is 3.94. The van der Waals surface area contributed by atoms with Gasteiger partial charge in [-0.15, -0.1) is 0 Å². The van der Waals surface area contributed by atoms with Gasteiger partial charge >= 0.3 is 0 Å². The molecule has 0 aliphatic carbocycles. The highest BCUT2D eigenvalue weighted by Gasteiger charge is 2.14. The second kappa shape index (κ2) is 5.67. The Morgan fingerprint density at radius 1 is 1.24 bits per heavy atom. The Hall–Kier alpha value is -2.81. The van der Waals surface area contributed by atoms with Gasteiger partial charge in [0.15, 0.2) is 5.82 Å². The molecule has 108 valence electrons. The fourth-order valence-electron chi connectivity index (χ4n) is 2.23. The van der Waals surface area contributed by atoms with Gasteiger partial charge in [-0.2, -0.15) is 10.4 Å². The van der Waals surface area contributed by atoms with Crippen molar-refractivity contribution in [3.8, 4) is 6.07 Å². The average Bonchev–Trinajstić information content (AvgIpc) is 2.68. The summed E-state index contributed by atoms with van der Waals surface area (Å²) in [5.74, 6) is 0.206. The molecule has 0 fully saturated rings. The molecule has 1 amide bonds. The third-order valence-electron chi connectivity index (χ3n) is 3.11. The Bertz CT molecular complexity index is 719. The third kappa shape index (κ3) is 3.03. The molecule has 1 aromatic carbocycles. The molecular weight excluding hydrogens is 266 g/mol. The minimum Gasteiger partial charge on any atom is -0.281 e. The first-order chi connectivity index (χ1) is 9.92. The molecule has 2 rings (SSSR count). The van der Waals surface area contributed by atoms with Crippen LogP contribution in [0.2, 0.25) is 0 Å². The van der Waals surface area contributed by atoms with Crippen LogP contribution in [0.4, 0.5) is 5.82 Å². The number of rotatable bonds is 3. The van der Waals surface area contributed by atoms with Gasteiger partial charge in [0.25, 0.3) is 5.91 Å². The minimum atomic E-state index is -0.260. The molecule has 2 N–H and O–H groups in total. The summed E-state index contributed by atoms with van der Waals surface area (Å²) >= 11 is 0. The zero-order valence-corrected chi connectivity index (χ0v) is 12.5. The summed E-state index contributed by atoms with van der Waals surface area (Å²) in [5, 5.41) is 13.3. The predicted molar refractivity (Wildman–Crippen MR) is 79.7 cm³/mol. The molecule has 6 nitrogen and oxygen atoms in total. The molecule has 0 saturated heterocycles. The van der Waals surface area contributed by atoms with Gasteiger partial charge < -0.3 is 0 Å². The molecule has 0 radical (unpaired) electrons. The van der Waals surface area contributed by atoms with E-state index >= 15 is 0 Å². The van der Waals surface area contributed by atoms with Crippen LogP contribution >= 0.6 is 0 Å². The van der Waals surface area contributed by atoms with Gasteiger partial charge in [0.2, 0.25) is 0 Å². The lowest BCUT2D eigenvalue weighted by atomic mass is 10.1. The van der Waals surface area contributed by atoms with E-state index in [9.17, 15) is 4.79 Å². The first kappa shape index (κ1) is 14.6. The van der Waals surface area contributed by atoms with Crippen molar-refractivity contribution < 1.29 is 4.79 Å². The van der Waals surface area contributed by atoms with Crippen LogP contribution in [-0.2, 0) is 7.05 Å². The molecule has 1 aromatic heterocycles.